The predicted molar refractivity (Wildman–Crippen MR) is 33.2 cm³/mol. The van der Waals surface area contributed by atoms with Crippen LogP contribution in [0.25, 0.3) is 0 Å². The smallest absolute Gasteiger partial charge is 0.220 e. The zero-order valence-electron chi connectivity index (χ0n) is 4.83. The molecule has 0 aromatic carbocycles. The van der Waals surface area contributed by atoms with Crippen LogP contribution in [-0.2, 0) is 6.54 Å². The zero-order chi connectivity index (χ0) is 6.69. The molecule has 0 saturated carbocycles. The number of nitrogens with two attached hydrogens (primary N) is 2. The first kappa shape index (κ1) is 5.97. The lowest BCUT2D eigenvalue weighted by molar-refractivity contribution is 0.970. The lowest BCUT2D eigenvalue weighted by atomic mass is 10.4. The average Bonchev–Trinajstić information content (AvgIpc) is 1.88. The Bertz CT molecular complexity index is 198. The van der Waals surface area contributed by atoms with Crippen molar-refractivity contribution in [1.82, 2.24) is 9.97 Å². The maximum absolute atomic E-state index is 5.25. The summed E-state index contributed by atoms with van der Waals surface area (Å²) < 4.78 is 0. The van der Waals surface area contributed by atoms with Crippen molar-refractivity contribution < 1.29 is 0 Å². The molecule has 1 aromatic rings. The van der Waals surface area contributed by atoms with E-state index in [0.29, 0.717) is 12.2 Å². The van der Waals surface area contributed by atoms with E-state index < -0.39 is 0 Å². The first-order valence-electron chi connectivity index (χ1n) is 2.52. The second kappa shape index (κ2) is 2.41. The van der Waals surface area contributed by atoms with Gasteiger partial charge >= 0.3 is 0 Å². The topological polar surface area (TPSA) is 77.8 Å². The fraction of sp³-hybridized carbons (Fsp3) is 0.200. The number of aromatic nitrogens is 2. The van der Waals surface area contributed by atoms with E-state index in [4.69, 9.17) is 11.5 Å². The normalized spacial score (nSPS) is 9.44. The van der Waals surface area contributed by atoms with Gasteiger partial charge in [-0.2, -0.15) is 0 Å². The summed E-state index contributed by atoms with van der Waals surface area (Å²) in [5, 5.41) is 0. The van der Waals surface area contributed by atoms with Gasteiger partial charge in [-0.05, 0) is 6.07 Å². The molecule has 1 aromatic heterocycles. The number of rotatable bonds is 1. The standard InChI is InChI=1S/C5H7N4/c6-3-4-1-2-8-5(7)9-4/h1H,3,6H2,(H2,7,8,9). The summed E-state index contributed by atoms with van der Waals surface area (Å²) in [6.45, 7) is 0.378. The molecule has 4 heteroatoms. The monoisotopic (exact) mass is 123 g/mol. The number of nitrogen functional groups attached to an aromatic ring is 1. The van der Waals surface area contributed by atoms with Crippen LogP contribution in [0.1, 0.15) is 5.69 Å². The second-order valence-electron chi connectivity index (χ2n) is 1.55. The van der Waals surface area contributed by atoms with Crippen molar-refractivity contribution in [3.63, 3.8) is 0 Å². The van der Waals surface area contributed by atoms with E-state index in [1.54, 1.807) is 6.07 Å². The van der Waals surface area contributed by atoms with Gasteiger partial charge in [-0.1, -0.05) is 0 Å². The van der Waals surface area contributed by atoms with Crippen LogP contribution in [0.15, 0.2) is 6.07 Å². The first-order chi connectivity index (χ1) is 4.33. The Kier molecular flexibility index (Phi) is 1.60. The van der Waals surface area contributed by atoms with Gasteiger partial charge in [0, 0.05) is 6.54 Å². The minimum Gasteiger partial charge on any atom is -0.368 e. The minimum atomic E-state index is 0.220. The van der Waals surface area contributed by atoms with Crippen molar-refractivity contribution >= 4 is 5.95 Å². The molecule has 47 valence electrons. The van der Waals surface area contributed by atoms with Crippen molar-refractivity contribution in [2.45, 2.75) is 6.54 Å². The molecule has 0 atom stereocenters. The molecule has 4 N–H and O–H groups in total. The second-order valence-corrected chi connectivity index (χ2v) is 1.55. The summed E-state index contributed by atoms with van der Waals surface area (Å²) in [6.07, 6.45) is 2.56. The van der Waals surface area contributed by atoms with Crippen LogP contribution in [0.3, 0.4) is 0 Å². The molecule has 0 aliphatic carbocycles. The van der Waals surface area contributed by atoms with E-state index >= 15 is 0 Å². The van der Waals surface area contributed by atoms with Gasteiger partial charge in [-0.15, -0.1) is 0 Å². The third-order valence-corrected chi connectivity index (χ3v) is 0.878. The zero-order valence-corrected chi connectivity index (χ0v) is 4.83. The fourth-order valence-electron chi connectivity index (χ4n) is 0.482. The van der Waals surface area contributed by atoms with E-state index in [1.807, 2.05) is 0 Å². The van der Waals surface area contributed by atoms with E-state index in [2.05, 4.69) is 16.2 Å². The van der Waals surface area contributed by atoms with Gasteiger partial charge in [0.05, 0.1) is 11.9 Å². The van der Waals surface area contributed by atoms with Gasteiger partial charge in [0.1, 0.15) is 0 Å². The Balaban J connectivity index is 2.94. The molecule has 0 saturated heterocycles. The van der Waals surface area contributed by atoms with Gasteiger partial charge in [-0.3, -0.25) is 0 Å². The molecule has 9 heavy (non-hydrogen) atoms. The molecule has 0 aliphatic rings. The molecule has 0 unspecified atom stereocenters. The molecule has 4 nitrogen and oxygen atoms in total. The highest BCUT2D eigenvalue weighted by Crippen LogP contribution is 1.92. The molecule has 1 radical (unpaired) electrons. The van der Waals surface area contributed by atoms with Gasteiger partial charge in [0.2, 0.25) is 5.95 Å². The van der Waals surface area contributed by atoms with E-state index in [1.165, 1.54) is 0 Å². The lowest BCUT2D eigenvalue weighted by Crippen LogP contribution is -2.03. The number of anilines is 1. The molecule has 0 fully saturated rings. The van der Waals surface area contributed by atoms with Crippen LogP contribution in [0.5, 0.6) is 0 Å². The molecule has 0 aliphatic heterocycles. The molecule has 0 amide bonds. The van der Waals surface area contributed by atoms with Gasteiger partial charge < -0.3 is 11.5 Å². The first-order valence-corrected chi connectivity index (χ1v) is 2.52. The fourth-order valence-corrected chi connectivity index (χ4v) is 0.482. The van der Waals surface area contributed by atoms with Gasteiger partial charge in [-0.25, -0.2) is 9.97 Å². The Hall–Kier alpha value is -1.16. The average molecular weight is 123 g/mol. The summed E-state index contributed by atoms with van der Waals surface area (Å²) >= 11 is 0. The summed E-state index contributed by atoms with van der Waals surface area (Å²) in [6, 6.07) is 1.61. The highest BCUT2D eigenvalue weighted by atomic mass is 15.0. The third kappa shape index (κ3) is 1.36. The predicted octanol–water partition coefficient (Wildman–Crippen LogP) is -0.682. The van der Waals surface area contributed by atoms with Crippen molar-refractivity contribution in [2.24, 2.45) is 5.73 Å². The van der Waals surface area contributed by atoms with Crippen molar-refractivity contribution in [2.75, 3.05) is 5.73 Å². The molecular formula is C5H7N4. The number of nitrogens with zero attached hydrogens (tertiary/aromatic N) is 2. The Morgan fingerprint density at radius 3 is 2.89 bits per heavy atom. The Morgan fingerprint density at radius 2 is 2.44 bits per heavy atom. The maximum atomic E-state index is 5.25. The largest absolute Gasteiger partial charge is 0.368 e. The van der Waals surface area contributed by atoms with Crippen molar-refractivity contribution in [3.05, 3.63) is 18.0 Å². The molecule has 1 rings (SSSR count). The summed E-state index contributed by atoms with van der Waals surface area (Å²) in [7, 11) is 0. The Morgan fingerprint density at radius 1 is 1.67 bits per heavy atom. The maximum Gasteiger partial charge on any atom is 0.220 e. The quantitative estimate of drug-likeness (QED) is 0.518. The summed E-state index contributed by atoms with van der Waals surface area (Å²) in [5.74, 6) is 0.220. The summed E-state index contributed by atoms with van der Waals surface area (Å²) in [5.41, 5.74) is 11.2. The Labute approximate surface area is 52.9 Å². The summed E-state index contributed by atoms with van der Waals surface area (Å²) in [4.78, 5) is 7.38. The number of hydrogen-bond acceptors (Lipinski definition) is 4. The third-order valence-electron chi connectivity index (χ3n) is 0.878. The number of hydrogen-bond donors (Lipinski definition) is 2. The van der Waals surface area contributed by atoms with Crippen LogP contribution in [0, 0.1) is 6.20 Å². The van der Waals surface area contributed by atoms with Crippen LogP contribution < -0.4 is 11.5 Å². The van der Waals surface area contributed by atoms with Crippen LogP contribution in [0.2, 0.25) is 0 Å². The SMILES string of the molecule is NCc1c[c]nc(N)n1. The highest BCUT2D eigenvalue weighted by molar-refractivity contribution is 5.16. The van der Waals surface area contributed by atoms with Crippen molar-refractivity contribution in [1.29, 1.82) is 0 Å². The highest BCUT2D eigenvalue weighted by Gasteiger charge is 1.90. The van der Waals surface area contributed by atoms with E-state index in [0.717, 1.165) is 0 Å². The lowest BCUT2D eigenvalue weighted by Gasteiger charge is -1.92. The van der Waals surface area contributed by atoms with Gasteiger partial charge in [0.15, 0.2) is 0 Å². The van der Waals surface area contributed by atoms with Gasteiger partial charge in [0.25, 0.3) is 0 Å². The minimum absolute atomic E-state index is 0.220. The van der Waals surface area contributed by atoms with Crippen LogP contribution in [-0.4, -0.2) is 9.97 Å². The van der Waals surface area contributed by atoms with Crippen molar-refractivity contribution in [3.8, 4) is 0 Å². The molecular weight excluding hydrogens is 116 g/mol. The van der Waals surface area contributed by atoms with E-state index in [9.17, 15) is 0 Å². The van der Waals surface area contributed by atoms with Crippen LogP contribution >= 0.6 is 0 Å². The molecule has 0 spiro atoms. The molecule has 0 bridgehead atoms. The van der Waals surface area contributed by atoms with E-state index in [-0.39, 0.29) is 5.95 Å². The van der Waals surface area contributed by atoms with Crippen LogP contribution in [0.4, 0.5) is 5.95 Å². The molecule has 1 heterocycles.